The van der Waals surface area contributed by atoms with Crippen LogP contribution in [0.1, 0.15) is 36.5 Å². The largest absolute Gasteiger partial charge is 0.490 e. The Morgan fingerprint density at radius 2 is 1.68 bits per heavy atom. The fourth-order valence-electron chi connectivity index (χ4n) is 2.49. The van der Waals surface area contributed by atoms with Crippen molar-refractivity contribution in [3.8, 4) is 11.5 Å². The van der Waals surface area contributed by atoms with Crippen molar-refractivity contribution in [1.29, 1.82) is 0 Å². The van der Waals surface area contributed by atoms with Crippen molar-refractivity contribution in [2.45, 2.75) is 39.8 Å². The van der Waals surface area contributed by atoms with Crippen LogP contribution in [0.15, 0.2) is 42.5 Å². The lowest BCUT2D eigenvalue weighted by atomic mass is 10.1. The molecule has 0 amide bonds. The normalized spacial score (nSPS) is 10.7. The third-order valence-electron chi connectivity index (χ3n) is 3.91. The molecule has 0 heterocycles. The maximum absolute atomic E-state index is 8.80. The van der Waals surface area contributed by atoms with Crippen LogP contribution in [0.5, 0.6) is 11.5 Å². The predicted molar refractivity (Wildman–Crippen MR) is 101 cm³/mol. The topological polar surface area (TPSA) is 50.7 Å². The number of hydrogen-bond donors (Lipinski definition) is 2. The van der Waals surface area contributed by atoms with Gasteiger partial charge in [-0.1, -0.05) is 35.9 Å². The van der Waals surface area contributed by atoms with Crippen LogP contribution >= 0.6 is 0 Å². The van der Waals surface area contributed by atoms with E-state index >= 15 is 0 Å². The summed E-state index contributed by atoms with van der Waals surface area (Å²) in [6.07, 6.45) is 1.82. The number of unbranched alkanes of at least 4 members (excludes halogenated alkanes) is 1. The van der Waals surface area contributed by atoms with Crippen molar-refractivity contribution in [1.82, 2.24) is 5.32 Å². The highest BCUT2D eigenvalue weighted by atomic mass is 16.5. The van der Waals surface area contributed by atoms with Crippen molar-refractivity contribution < 1.29 is 14.6 Å². The number of ether oxygens (including phenoxy) is 2. The molecule has 0 atom stereocenters. The maximum Gasteiger partial charge on any atom is 0.161 e. The molecule has 0 radical (unpaired) electrons. The van der Waals surface area contributed by atoms with Gasteiger partial charge in [0.05, 0.1) is 6.61 Å². The molecule has 0 unspecified atom stereocenters. The van der Waals surface area contributed by atoms with Gasteiger partial charge in [0, 0.05) is 13.2 Å². The average Bonchev–Trinajstić information content (AvgIpc) is 2.62. The smallest absolute Gasteiger partial charge is 0.161 e. The molecule has 2 rings (SSSR count). The zero-order valence-corrected chi connectivity index (χ0v) is 15.3. The minimum absolute atomic E-state index is 0.253. The van der Waals surface area contributed by atoms with Crippen molar-refractivity contribution in [3.05, 3.63) is 59.2 Å². The Hall–Kier alpha value is -2.04. The van der Waals surface area contributed by atoms with E-state index in [0.717, 1.165) is 48.6 Å². The van der Waals surface area contributed by atoms with Crippen LogP contribution in [0.2, 0.25) is 0 Å². The summed E-state index contributed by atoms with van der Waals surface area (Å²) < 4.78 is 11.7. The van der Waals surface area contributed by atoms with Crippen LogP contribution in [0, 0.1) is 6.92 Å². The number of rotatable bonds is 11. The molecule has 0 aliphatic heterocycles. The Morgan fingerprint density at radius 1 is 0.920 bits per heavy atom. The van der Waals surface area contributed by atoms with Crippen molar-refractivity contribution in [2.24, 2.45) is 0 Å². The first-order chi connectivity index (χ1) is 12.2. The first kappa shape index (κ1) is 19.3. The highest BCUT2D eigenvalue weighted by Gasteiger charge is 2.07. The van der Waals surface area contributed by atoms with Gasteiger partial charge in [-0.25, -0.2) is 0 Å². The standard InChI is InChI=1S/C21H29NO3/c1-3-24-21-14-19(15-22-12-4-5-13-23)10-11-20(21)25-16-18-8-6-17(2)7-9-18/h6-11,14,22-23H,3-5,12-13,15-16H2,1-2H3. The quantitative estimate of drug-likeness (QED) is 0.609. The summed E-state index contributed by atoms with van der Waals surface area (Å²) in [6, 6.07) is 14.4. The van der Waals surface area contributed by atoms with E-state index in [1.54, 1.807) is 0 Å². The van der Waals surface area contributed by atoms with Crippen LogP contribution in [0.4, 0.5) is 0 Å². The summed E-state index contributed by atoms with van der Waals surface area (Å²) in [7, 11) is 0. The summed E-state index contributed by atoms with van der Waals surface area (Å²) in [5.41, 5.74) is 3.55. The third kappa shape index (κ3) is 6.77. The number of aliphatic hydroxyl groups is 1. The summed E-state index contributed by atoms with van der Waals surface area (Å²) >= 11 is 0. The molecule has 0 spiro atoms. The maximum atomic E-state index is 8.80. The van der Waals surface area contributed by atoms with E-state index in [1.165, 1.54) is 5.56 Å². The molecule has 25 heavy (non-hydrogen) atoms. The van der Waals surface area contributed by atoms with Gasteiger partial charge in [0.25, 0.3) is 0 Å². The molecule has 0 saturated heterocycles. The van der Waals surface area contributed by atoms with Gasteiger partial charge in [0.1, 0.15) is 6.61 Å². The van der Waals surface area contributed by atoms with Gasteiger partial charge >= 0.3 is 0 Å². The fourth-order valence-corrected chi connectivity index (χ4v) is 2.49. The lowest BCUT2D eigenvalue weighted by Crippen LogP contribution is -2.15. The molecule has 0 saturated carbocycles. The Balaban J connectivity index is 1.93. The summed E-state index contributed by atoms with van der Waals surface area (Å²) in [4.78, 5) is 0. The Bertz CT molecular complexity index is 626. The van der Waals surface area contributed by atoms with E-state index in [9.17, 15) is 0 Å². The van der Waals surface area contributed by atoms with Gasteiger partial charge in [0.15, 0.2) is 11.5 Å². The van der Waals surface area contributed by atoms with Gasteiger partial charge in [-0.05, 0) is 56.5 Å². The molecule has 0 fully saturated rings. The minimum atomic E-state index is 0.253. The lowest BCUT2D eigenvalue weighted by Gasteiger charge is -2.14. The number of hydrogen-bond acceptors (Lipinski definition) is 4. The molecule has 4 nitrogen and oxygen atoms in total. The molecule has 2 aromatic carbocycles. The van der Waals surface area contributed by atoms with E-state index in [2.05, 4.69) is 42.6 Å². The molecular weight excluding hydrogens is 314 g/mol. The highest BCUT2D eigenvalue weighted by molar-refractivity contribution is 5.43. The van der Waals surface area contributed by atoms with E-state index in [1.807, 2.05) is 19.1 Å². The van der Waals surface area contributed by atoms with Gasteiger partial charge in [-0.15, -0.1) is 0 Å². The van der Waals surface area contributed by atoms with Crippen LogP contribution in [-0.4, -0.2) is 24.9 Å². The molecule has 0 aliphatic rings. The van der Waals surface area contributed by atoms with Crippen molar-refractivity contribution in [3.63, 3.8) is 0 Å². The summed E-state index contributed by atoms with van der Waals surface area (Å²) in [6.45, 7) is 7.12. The van der Waals surface area contributed by atoms with Crippen LogP contribution in [0.3, 0.4) is 0 Å². The van der Waals surface area contributed by atoms with Gasteiger partial charge in [-0.3, -0.25) is 0 Å². The second kappa shape index (κ2) is 10.7. The first-order valence-corrected chi connectivity index (χ1v) is 8.98. The minimum Gasteiger partial charge on any atom is -0.490 e. The van der Waals surface area contributed by atoms with E-state index in [-0.39, 0.29) is 6.61 Å². The first-order valence-electron chi connectivity index (χ1n) is 8.98. The lowest BCUT2D eigenvalue weighted by molar-refractivity contribution is 0.269. The number of aryl methyl sites for hydroxylation is 1. The molecule has 136 valence electrons. The van der Waals surface area contributed by atoms with Crippen LogP contribution in [-0.2, 0) is 13.2 Å². The van der Waals surface area contributed by atoms with Crippen LogP contribution in [0.25, 0.3) is 0 Å². The second-order valence-electron chi connectivity index (χ2n) is 6.10. The van der Waals surface area contributed by atoms with Crippen molar-refractivity contribution in [2.75, 3.05) is 19.8 Å². The molecule has 0 bridgehead atoms. The van der Waals surface area contributed by atoms with E-state index in [0.29, 0.717) is 13.2 Å². The molecule has 4 heteroatoms. The Kier molecular flexibility index (Phi) is 8.29. The number of benzene rings is 2. The second-order valence-corrected chi connectivity index (χ2v) is 6.10. The Labute approximate surface area is 150 Å². The number of aliphatic hydroxyl groups excluding tert-OH is 1. The van der Waals surface area contributed by atoms with Crippen molar-refractivity contribution >= 4 is 0 Å². The van der Waals surface area contributed by atoms with Gasteiger partial charge < -0.3 is 19.9 Å². The zero-order valence-electron chi connectivity index (χ0n) is 15.3. The molecule has 2 aromatic rings. The van der Waals surface area contributed by atoms with Crippen LogP contribution < -0.4 is 14.8 Å². The average molecular weight is 343 g/mol. The van der Waals surface area contributed by atoms with Gasteiger partial charge in [-0.2, -0.15) is 0 Å². The monoisotopic (exact) mass is 343 g/mol. The highest BCUT2D eigenvalue weighted by Crippen LogP contribution is 2.29. The predicted octanol–water partition coefficient (Wildman–Crippen LogP) is 3.83. The Morgan fingerprint density at radius 3 is 2.40 bits per heavy atom. The molecule has 0 aliphatic carbocycles. The number of nitrogens with one attached hydrogen (secondary N) is 1. The van der Waals surface area contributed by atoms with E-state index in [4.69, 9.17) is 14.6 Å². The van der Waals surface area contributed by atoms with E-state index < -0.39 is 0 Å². The molecule has 0 aromatic heterocycles. The summed E-state index contributed by atoms with van der Waals surface area (Å²) in [5.74, 6) is 1.55. The molecular formula is C21H29NO3. The fraction of sp³-hybridized carbons (Fsp3) is 0.429. The zero-order chi connectivity index (χ0) is 17.9. The summed E-state index contributed by atoms with van der Waals surface area (Å²) in [5, 5.41) is 12.2. The van der Waals surface area contributed by atoms with Gasteiger partial charge in [0.2, 0.25) is 0 Å². The SMILES string of the molecule is CCOc1cc(CNCCCCO)ccc1OCc1ccc(C)cc1. The molecule has 2 N–H and O–H groups in total. The third-order valence-corrected chi connectivity index (χ3v) is 3.91.